The van der Waals surface area contributed by atoms with Gasteiger partial charge in [0.2, 0.25) is 0 Å². The van der Waals surface area contributed by atoms with Gasteiger partial charge in [-0.05, 0) is 36.6 Å². The fraction of sp³-hybridized carbons (Fsp3) is 0.600. The largest absolute Gasteiger partial charge is 0.492 e. The molecule has 0 unspecified atom stereocenters. The van der Waals surface area contributed by atoms with Crippen molar-refractivity contribution < 1.29 is 24.5 Å². The van der Waals surface area contributed by atoms with Crippen LogP contribution in [0.1, 0.15) is 31.9 Å². The zero-order chi connectivity index (χ0) is 20.6. The Hall–Kier alpha value is -2.12. The Morgan fingerprint density at radius 3 is 2.11 bits per heavy atom. The molecule has 1 aromatic rings. The van der Waals surface area contributed by atoms with E-state index in [1.807, 2.05) is 0 Å². The first-order valence-corrected chi connectivity index (χ1v) is 9.11. The van der Waals surface area contributed by atoms with Gasteiger partial charge in [-0.2, -0.15) is 0 Å². The van der Waals surface area contributed by atoms with Crippen LogP contribution in [-0.4, -0.2) is 78.3 Å². The zero-order valence-electron chi connectivity index (χ0n) is 17.0. The van der Waals surface area contributed by atoms with Gasteiger partial charge in [-0.3, -0.25) is 4.90 Å². The lowest BCUT2D eigenvalue weighted by atomic mass is 9.86. The van der Waals surface area contributed by atoms with Gasteiger partial charge in [-0.15, -0.1) is 0 Å². The molecule has 2 rings (SSSR count). The van der Waals surface area contributed by atoms with Crippen molar-refractivity contribution in [3.63, 3.8) is 0 Å². The average Bonchev–Trinajstić information content (AvgIpc) is 2.56. The Bertz CT molecular complexity index is 620. The minimum Gasteiger partial charge on any atom is -0.492 e. The van der Waals surface area contributed by atoms with Gasteiger partial charge >= 0.3 is 11.9 Å². The van der Waals surface area contributed by atoms with E-state index < -0.39 is 11.9 Å². The molecule has 1 aliphatic rings. The monoisotopic (exact) mass is 380 g/mol. The van der Waals surface area contributed by atoms with Crippen LogP contribution < -0.4 is 4.74 Å². The summed E-state index contributed by atoms with van der Waals surface area (Å²) >= 11 is 0. The molecule has 1 aromatic carbocycles. The van der Waals surface area contributed by atoms with Crippen molar-refractivity contribution in [3.05, 3.63) is 29.3 Å². The van der Waals surface area contributed by atoms with Gasteiger partial charge in [-0.25, -0.2) is 9.59 Å². The Labute approximate surface area is 161 Å². The van der Waals surface area contributed by atoms with Crippen LogP contribution in [0, 0.1) is 6.92 Å². The van der Waals surface area contributed by atoms with E-state index in [-0.39, 0.29) is 5.41 Å². The summed E-state index contributed by atoms with van der Waals surface area (Å²) in [6, 6.07) is 6.55. The molecule has 2 N–H and O–H groups in total. The van der Waals surface area contributed by atoms with Crippen LogP contribution in [0.2, 0.25) is 0 Å². The smallest absolute Gasteiger partial charge is 0.414 e. The molecule has 1 aliphatic heterocycles. The highest BCUT2D eigenvalue weighted by Gasteiger charge is 2.19. The van der Waals surface area contributed by atoms with Crippen LogP contribution in [0.5, 0.6) is 5.75 Å². The van der Waals surface area contributed by atoms with Gasteiger partial charge in [0, 0.05) is 32.7 Å². The number of aliphatic carboxylic acids is 2. The fourth-order valence-corrected chi connectivity index (χ4v) is 2.72. The molecule has 0 atom stereocenters. The van der Waals surface area contributed by atoms with Crippen molar-refractivity contribution in [1.82, 2.24) is 9.80 Å². The lowest BCUT2D eigenvalue weighted by Crippen LogP contribution is -2.45. The molecule has 27 heavy (non-hydrogen) atoms. The van der Waals surface area contributed by atoms with Crippen molar-refractivity contribution in [2.75, 3.05) is 46.4 Å². The lowest BCUT2D eigenvalue weighted by Gasteiger charge is -2.32. The number of likely N-dealkylation sites (N-methyl/N-ethyl adjacent to an activating group) is 1. The van der Waals surface area contributed by atoms with Crippen LogP contribution >= 0.6 is 0 Å². The topological polar surface area (TPSA) is 90.3 Å². The van der Waals surface area contributed by atoms with Crippen LogP contribution in [0.3, 0.4) is 0 Å². The number of ether oxygens (including phenoxy) is 1. The number of carbonyl (C=O) groups is 2. The molecule has 1 fully saturated rings. The lowest BCUT2D eigenvalue weighted by molar-refractivity contribution is -0.159. The normalized spacial score (nSPS) is 15.6. The molecular weight excluding hydrogens is 348 g/mol. The van der Waals surface area contributed by atoms with Crippen molar-refractivity contribution >= 4 is 11.9 Å². The molecule has 7 heteroatoms. The Balaban J connectivity index is 0.000000527. The number of aryl methyl sites for hydroxylation is 1. The molecule has 1 heterocycles. The molecule has 7 nitrogen and oxygen atoms in total. The highest BCUT2D eigenvalue weighted by atomic mass is 16.5. The Morgan fingerprint density at radius 1 is 1.07 bits per heavy atom. The number of hydrogen-bond acceptors (Lipinski definition) is 5. The SMILES string of the molecule is Cc1ccc(C(C)(C)C)c(OCCN2CCN(C)CC2)c1.O=C(O)C(=O)O. The van der Waals surface area contributed by atoms with E-state index in [9.17, 15) is 0 Å². The van der Waals surface area contributed by atoms with Crippen molar-refractivity contribution in [1.29, 1.82) is 0 Å². The number of nitrogens with zero attached hydrogens (tertiary/aromatic N) is 2. The number of carboxylic acid groups (broad SMARTS) is 2. The van der Waals surface area contributed by atoms with Gasteiger partial charge in [0.1, 0.15) is 12.4 Å². The van der Waals surface area contributed by atoms with E-state index in [0.717, 1.165) is 45.1 Å². The fourth-order valence-electron chi connectivity index (χ4n) is 2.72. The van der Waals surface area contributed by atoms with Crippen molar-refractivity contribution in [3.8, 4) is 5.75 Å². The average molecular weight is 380 g/mol. The molecule has 152 valence electrons. The second kappa shape index (κ2) is 10.3. The summed E-state index contributed by atoms with van der Waals surface area (Å²) in [6.45, 7) is 15.3. The maximum atomic E-state index is 9.10. The number of piperazine rings is 1. The first-order chi connectivity index (χ1) is 12.5. The van der Waals surface area contributed by atoms with Gasteiger partial charge in [0.05, 0.1) is 0 Å². The van der Waals surface area contributed by atoms with E-state index in [1.165, 1.54) is 11.1 Å². The second-order valence-corrected chi connectivity index (χ2v) is 7.85. The molecule has 0 aromatic heterocycles. The minimum absolute atomic E-state index is 0.122. The molecule has 0 bridgehead atoms. The van der Waals surface area contributed by atoms with Crippen LogP contribution in [0.4, 0.5) is 0 Å². The molecule has 0 aliphatic carbocycles. The summed E-state index contributed by atoms with van der Waals surface area (Å²) in [5.74, 6) is -2.60. The second-order valence-electron chi connectivity index (χ2n) is 7.85. The maximum absolute atomic E-state index is 9.10. The minimum atomic E-state index is -1.82. The molecule has 1 saturated heterocycles. The van der Waals surface area contributed by atoms with Gasteiger partial charge in [0.15, 0.2) is 0 Å². The van der Waals surface area contributed by atoms with E-state index >= 15 is 0 Å². The predicted molar refractivity (Wildman–Crippen MR) is 105 cm³/mol. The number of hydrogen-bond donors (Lipinski definition) is 2. The number of rotatable bonds is 4. The summed E-state index contributed by atoms with van der Waals surface area (Å²) in [5.41, 5.74) is 2.68. The summed E-state index contributed by atoms with van der Waals surface area (Å²) in [6.07, 6.45) is 0. The summed E-state index contributed by atoms with van der Waals surface area (Å²) in [5, 5.41) is 14.8. The molecular formula is C20H32N2O5. The van der Waals surface area contributed by atoms with Crippen molar-refractivity contribution in [2.45, 2.75) is 33.1 Å². The van der Waals surface area contributed by atoms with Gasteiger partial charge in [-0.1, -0.05) is 32.9 Å². The quantitative estimate of drug-likeness (QED) is 0.773. The van der Waals surface area contributed by atoms with Crippen LogP contribution in [0.25, 0.3) is 0 Å². The third kappa shape index (κ3) is 8.41. The van der Waals surface area contributed by atoms with E-state index in [2.05, 4.69) is 62.7 Å². The third-order valence-electron chi connectivity index (χ3n) is 4.39. The van der Waals surface area contributed by atoms with E-state index in [1.54, 1.807) is 0 Å². The summed E-state index contributed by atoms with van der Waals surface area (Å²) in [7, 11) is 2.19. The highest BCUT2D eigenvalue weighted by Crippen LogP contribution is 2.32. The van der Waals surface area contributed by atoms with Gasteiger partial charge < -0.3 is 19.8 Å². The van der Waals surface area contributed by atoms with E-state index in [0.29, 0.717) is 0 Å². The maximum Gasteiger partial charge on any atom is 0.414 e. The standard InChI is InChI=1S/C18H30N2O.C2H2O4/c1-15-6-7-16(18(2,3)4)17(14-15)21-13-12-20-10-8-19(5)9-11-20;3-1(4)2(5)6/h6-7,14H,8-13H2,1-5H3;(H,3,4)(H,5,6). The third-order valence-corrected chi connectivity index (χ3v) is 4.39. The number of benzene rings is 1. The summed E-state index contributed by atoms with van der Waals surface area (Å²) < 4.78 is 6.12. The van der Waals surface area contributed by atoms with Crippen LogP contribution in [-0.2, 0) is 15.0 Å². The van der Waals surface area contributed by atoms with E-state index in [4.69, 9.17) is 24.5 Å². The molecule has 0 saturated carbocycles. The molecule has 0 radical (unpaired) electrons. The predicted octanol–water partition coefficient (Wildman–Crippen LogP) is 2.07. The van der Waals surface area contributed by atoms with Crippen LogP contribution in [0.15, 0.2) is 18.2 Å². The highest BCUT2D eigenvalue weighted by molar-refractivity contribution is 6.27. The molecule has 0 amide bonds. The number of carboxylic acids is 2. The first-order valence-electron chi connectivity index (χ1n) is 9.11. The summed E-state index contributed by atoms with van der Waals surface area (Å²) in [4.78, 5) is 23.1. The van der Waals surface area contributed by atoms with Crippen molar-refractivity contribution in [2.24, 2.45) is 0 Å². The Kier molecular flexibility index (Phi) is 8.72. The first kappa shape index (κ1) is 22.9. The zero-order valence-corrected chi connectivity index (χ0v) is 17.0. The Morgan fingerprint density at radius 2 is 1.63 bits per heavy atom. The van der Waals surface area contributed by atoms with Gasteiger partial charge in [0.25, 0.3) is 0 Å². The molecule has 0 spiro atoms.